The Bertz CT molecular complexity index is 475. The normalized spacial score (nSPS) is 11.4. The second-order valence-electron chi connectivity index (χ2n) is 6.45. The molecule has 2 N–H and O–H groups in total. The van der Waals surface area contributed by atoms with Crippen molar-refractivity contribution in [3.05, 3.63) is 29.8 Å². The number of hydrogen-bond donors (Lipinski definition) is 2. The second-order valence-corrected chi connectivity index (χ2v) is 6.45. The number of alkyl carbamates (subject to hydrolysis) is 1. The van der Waals surface area contributed by atoms with Crippen LogP contribution in [0.15, 0.2) is 24.3 Å². The van der Waals surface area contributed by atoms with E-state index in [1.54, 1.807) is 0 Å². The monoisotopic (exact) mass is 306 g/mol. The molecule has 6 heteroatoms. The van der Waals surface area contributed by atoms with E-state index >= 15 is 0 Å². The standard InChI is InChI=1S/C16H27BN2O3/c1-16(2,3)22-15(20)18-10-7-11-19(4)12-13-8-5-6-9-14(13)17-21/h5-6,8-9,17,21H,7,10-12H2,1-4H3,(H,18,20). The van der Waals surface area contributed by atoms with E-state index in [0.717, 1.165) is 30.5 Å². The van der Waals surface area contributed by atoms with E-state index in [9.17, 15) is 9.82 Å². The molecule has 0 radical (unpaired) electrons. The summed E-state index contributed by atoms with van der Waals surface area (Å²) >= 11 is 0. The lowest BCUT2D eigenvalue weighted by Gasteiger charge is -2.21. The van der Waals surface area contributed by atoms with Crippen LogP contribution in [0.5, 0.6) is 0 Å². The SMILES string of the molecule is CN(CCCNC(=O)OC(C)(C)C)Cc1ccccc1BO. The molecule has 0 unspecified atom stereocenters. The minimum absolute atomic E-state index is 0.0597. The summed E-state index contributed by atoms with van der Waals surface area (Å²) in [5.74, 6) is 0. The average Bonchev–Trinajstić information content (AvgIpc) is 2.42. The molecule has 1 amide bonds. The minimum Gasteiger partial charge on any atom is -0.449 e. The first-order chi connectivity index (χ1) is 10.3. The van der Waals surface area contributed by atoms with E-state index in [0.29, 0.717) is 6.54 Å². The molecule has 0 saturated heterocycles. The van der Waals surface area contributed by atoms with Crippen molar-refractivity contribution < 1.29 is 14.6 Å². The summed E-state index contributed by atoms with van der Waals surface area (Å²) in [4.78, 5) is 13.7. The molecule has 22 heavy (non-hydrogen) atoms. The van der Waals surface area contributed by atoms with Gasteiger partial charge in [0.2, 0.25) is 0 Å². The van der Waals surface area contributed by atoms with Gasteiger partial charge in [-0.2, -0.15) is 0 Å². The maximum atomic E-state index is 11.5. The fourth-order valence-corrected chi connectivity index (χ4v) is 2.09. The van der Waals surface area contributed by atoms with Crippen molar-refractivity contribution in [2.45, 2.75) is 39.3 Å². The van der Waals surface area contributed by atoms with Crippen molar-refractivity contribution in [3.63, 3.8) is 0 Å². The molecule has 0 aliphatic carbocycles. The molecule has 0 saturated carbocycles. The van der Waals surface area contributed by atoms with E-state index in [1.165, 1.54) is 0 Å². The summed E-state index contributed by atoms with van der Waals surface area (Å²) in [6.45, 7) is 7.76. The molecule has 1 rings (SSSR count). The van der Waals surface area contributed by atoms with Crippen molar-refractivity contribution in [2.24, 2.45) is 0 Å². The Balaban J connectivity index is 2.26. The molecule has 122 valence electrons. The van der Waals surface area contributed by atoms with Gasteiger partial charge in [-0.05, 0) is 51.8 Å². The highest BCUT2D eigenvalue weighted by Gasteiger charge is 2.15. The van der Waals surface area contributed by atoms with E-state index in [4.69, 9.17) is 4.74 Å². The Morgan fingerprint density at radius 3 is 2.68 bits per heavy atom. The fraction of sp³-hybridized carbons (Fsp3) is 0.562. The van der Waals surface area contributed by atoms with Crippen LogP contribution in [0.1, 0.15) is 32.8 Å². The Hall–Kier alpha value is -1.53. The molecular weight excluding hydrogens is 279 g/mol. The zero-order valence-corrected chi connectivity index (χ0v) is 14.1. The summed E-state index contributed by atoms with van der Waals surface area (Å²) < 4.78 is 5.18. The molecular formula is C16H27BN2O3. The number of amides is 1. The number of hydrogen-bond acceptors (Lipinski definition) is 4. The van der Waals surface area contributed by atoms with Gasteiger partial charge in [0.25, 0.3) is 0 Å². The van der Waals surface area contributed by atoms with Gasteiger partial charge in [-0.3, -0.25) is 0 Å². The van der Waals surface area contributed by atoms with Gasteiger partial charge in [-0.15, -0.1) is 0 Å². The van der Waals surface area contributed by atoms with E-state index in [-0.39, 0.29) is 13.6 Å². The Labute approximate surface area is 133 Å². The molecule has 0 heterocycles. The van der Waals surface area contributed by atoms with Crippen LogP contribution < -0.4 is 10.8 Å². The predicted octanol–water partition coefficient (Wildman–Crippen LogP) is 1.00. The van der Waals surface area contributed by atoms with Gasteiger partial charge in [-0.1, -0.05) is 24.3 Å². The van der Waals surface area contributed by atoms with Crippen molar-refractivity contribution in [1.29, 1.82) is 0 Å². The van der Waals surface area contributed by atoms with Gasteiger partial charge in [0.05, 0.1) is 0 Å². The lowest BCUT2D eigenvalue weighted by Crippen LogP contribution is -2.34. The Kier molecular flexibility index (Phi) is 7.41. The molecule has 0 atom stereocenters. The first kappa shape index (κ1) is 18.5. The maximum Gasteiger partial charge on any atom is 0.407 e. The Morgan fingerprint density at radius 1 is 1.36 bits per heavy atom. The van der Waals surface area contributed by atoms with Crippen LogP contribution in [-0.4, -0.2) is 49.2 Å². The third-order valence-electron chi connectivity index (χ3n) is 3.11. The number of carbonyl (C=O) groups excluding carboxylic acids is 1. The van der Waals surface area contributed by atoms with Crippen molar-refractivity contribution >= 4 is 19.0 Å². The molecule has 0 fully saturated rings. The number of carbonyl (C=O) groups is 1. The van der Waals surface area contributed by atoms with Crippen LogP contribution in [0.4, 0.5) is 4.79 Å². The number of ether oxygens (including phenoxy) is 1. The van der Waals surface area contributed by atoms with Gasteiger partial charge in [0.1, 0.15) is 5.60 Å². The fourth-order valence-electron chi connectivity index (χ4n) is 2.09. The summed E-state index contributed by atoms with van der Waals surface area (Å²) in [6, 6.07) is 7.88. The smallest absolute Gasteiger partial charge is 0.407 e. The summed E-state index contributed by atoms with van der Waals surface area (Å²) in [6.07, 6.45) is 0.470. The molecule has 0 bridgehead atoms. The van der Waals surface area contributed by atoms with E-state index < -0.39 is 5.60 Å². The minimum atomic E-state index is -0.463. The predicted molar refractivity (Wildman–Crippen MR) is 90.6 cm³/mol. The van der Waals surface area contributed by atoms with Crippen molar-refractivity contribution in [3.8, 4) is 0 Å². The molecule has 0 aliphatic rings. The van der Waals surface area contributed by atoms with Gasteiger partial charge >= 0.3 is 13.6 Å². The van der Waals surface area contributed by atoms with Crippen LogP contribution in [-0.2, 0) is 11.3 Å². The summed E-state index contributed by atoms with van der Waals surface area (Å²) in [5.41, 5.74) is 1.63. The highest BCUT2D eigenvalue weighted by Crippen LogP contribution is 2.06. The highest BCUT2D eigenvalue weighted by molar-refractivity contribution is 6.46. The molecule has 0 aliphatic heterocycles. The molecule has 5 nitrogen and oxygen atoms in total. The van der Waals surface area contributed by atoms with Crippen LogP contribution in [0.2, 0.25) is 0 Å². The summed E-state index contributed by atoms with van der Waals surface area (Å²) in [7, 11) is 2.09. The average molecular weight is 306 g/mol. The highest BCUT2D eigenvalue weighted by atomic mass is 16.6. The van der Waals surface area contributed by atoms with Crippen LogP contribution in [0.3, 0.4) is 0 Å². The van der Waals surface area contributed by atoms with Crippen LogP contribution in [0.25, 0.3) is 0 Å². The number of nitrogens with zero attached hydrogens (tertiary/aromatic N) is 1. The topological polar surface area (TPSA) is 61.8 Å². The van der Waals surface area contributed by atoms with Crippen LogP contribution >= 0.6 is 0 Å². The molecule has 0 aromatic heterocycles. The number of benzene rings is 1. The lowest BCUT2D eigenvalue weighted by atomic mass is 9.84. The Morgan fingerprint density at radius 2 is 2.05 bits per heavy atom. The quantitative estimate of drug-likeness (QED) is 0.583. The molecule has 1 aromatic rings. The largest absolute Gasteiger partial charge is 0.449 e. The number of nitrogens with one attached hydrogen (secondary N) is 1. The van der Waals surface area contributed by atoms with Crippen LogP contribution in [0, 0.1) is 0 Å². The van der Waals surface area contributed by atoms with Gasteiger partial charge in [0.15, 0.2) is 0 Å². The van der Waals surface area contributed by atoms with Gasteiger partial charge < -0.3 is 20.0 Å². The first-order valence-corrected chi connectivity index (χ1v) is 7.65. The number of rotatable bonds is 7. The molecule has 1 aromatic carbocycles. The maximum absolute atomic E-state index is 11.5. The lowest BCUT2D eigenvalue weighted by molar-refractivity contribution is 0.0526. The summed E-state index contributed by atoms with van der Waals surface area (Å²) in [5, 5.41) is 12.1. The third kappa shape index (κ3) is 7.47. The van der Waals surface area contributed by atoms with Gasteiger partial charge in [-0.25, -0.2) is 4.79 Å². The first-order valence-electron chi connectivity index (χ1n) is 7.65. The third-order valence-corrected chi connectivity index (χ3v) is 3.11. The van der Waals surface area contributed by atoms with Gasteiger partial charge in [0, 0.05) is 13.1 Å². The van der Waals surface area contributed by atoms with Crippen molar-refractivity contribution in [1.82, 2.24) is 10.2 Å². The van der Waals surface area contributed by atoms with Crippen molar-refractivity contribution in [2.75, 3.05) is 20.1 Å². The second kappa shape index (κ2) is 8.81. The zero-order chi connectivity index (χ0) is 16.6. The zero-order valence-electron chi connectivity index (χ0n) is 14.1. The van der Waals surface area contributed by atoms with E-state index in [1.807, 2.05) is 52.1 Å². The van der Waals surface area contributed by atoms with E-state index in [2.05, 4.69) is 10.2 Å². The molecule has 0 spiro atoms.